The van der Waals surface area contributed by atoms with Gasteiger partial charge in [-0.25, -0.2) is 4.98 Å². The molecule has 4 heteroatoms. The summed E-state index contributed by atoms with van der Waals surface area (Å²) in [5.41, 5.74) is 0.845. The molecular formula is C13H19N3O. The van der Waals surface area contributed by atoms with E-state index in [0.29, 0.717) is 13.0 Å². The number of nitrogens with zero attached hydrogens (tertiary/aromatic N) is 3. The summed E-state index contributed by atoms with van der Waals surface area (Å²) in [6, 6.07) is 6.10. The van der Waals surface area contributed by atoms with Gasteiger partial charge in [0.25, 0.3) is 0 Å². The van der Waals surface area contributed by atoms with E-state index < -0.39 is 6.10 Å². The molecule has 0 aromatic carbocycles. The van der Waals surface area contributed by atoms with E-state index in [1.807, 2.05) is 6.07 Å². The summed E-state index contributed by atoms with van der Waals surface area (Å²) in [5.74, 6) is 0.814. The van der Waals surface area contributed by atoms with Crippen LogP contribution >= 0.6 is 0 Å². The maximum atomic E-state index is 9.55. The van der Waals surface area contributed by atoms with Crippen molar-refractivity contribution < 1.29 is 5.11 Å². The monoisotopic (exact) mass is 233 g/mol. The van der Waals surface area contributed by atoms with Crippen LogP contribution in [0.25, 0.3) is 0 Å². The highest BCUT2D eigenvalue weighted by Gasteiger charge is 2.12. The molecule has 0 aliphatic rings. The number of aromatic nitrogens is 1. The Balaban J connectivity index is 2.94. The first-order chi connectivity index (χ1) is 8.06. The quantitative estimate of drug-likeness (QED) is 0.847. The summed E-state index contributed by atoms with van der Waals surface area (Å²) in [7, 11) is 0. The Bertz CT molecular complexity index is 396. The Hall–Kier alpha value is -1.60. The van der Waals surface area contributed by atoms with E-state index in [-0.39, 0.29) is 6.04 Å². The summed E-state index contributed by atoms with van der Waals surface area (Å²) in [6.07, 6.45) is 1.67. The topological polar surface area (TPSA) is 60.2 Å². The van der Waals surface area contributed by atoms with Crippen LogP contribution in [-0.4, -0.2) is 22.7 Å². The molecule has 0 aliphatic carbocycles. The fourth-order valence-corrected chi connectivity index (χ4v) is 1.66. The van der Waals surface area contributed by atoms with Gasteiger partial charge in [-0.3, -0.25) is 0 Å². The van der Waals surface area contributed by atoms with Gasteiger partial charge in [0, 0.05) is 18.8 Å². The molecule has 0 radical (unpaired) electrons. The first-order valence-corrected chi connectivity index (χ1v) is 5.84. The first kappa shape index (κ1) is 13.5. The lowest BCUT2D eigenvalue weighted by atomic mass is 10.1. The Kier molecular flexibility index (Phi) is 4.92. The highest BCUT2D eigenvalue weighted by Crippen LogP contribution is 2.19. The molecule has 17 heavy (non-hydrogen) atoms. The van der Waals surface area contributed by atoms with Gasteiger partial charge in [-0.15, -0.1) is 0 Å². The van der Waals surface area contributed by atoms with Crippen molar-refractivity contribution >= 4 is 5.82 Å². The summed E-state index contributed by atoms with van der Waals surface area (Å²) in [5, 5.41) is 18.2. The van der Waals surface area contributed by atoms with Crippen LogP contribution in [0.4, 0.5) is 5.82 Å². The Morgan fingerprint density at radius 1 is 1.47 bits per heavy atom. The molecule has 0 aliphatic heterocycles. The Morgan fingerprint density at radius 2 is 2.18 bits per heavy atom. The summed E-state index contributed by atoms with van der Waals surface area (Å²) in [6.45, 7) is 6.51. The van der Waals surface area contributed by atoms with Gasteiger partial charge in [-0.1, -0.05) is 0 Å². The van der Waals surface area contributed by atoms with Crippen LogP contribution in [0.3, 0.4) is 0 Å². The second kappa shape index (κ2) is 6.21. The average molecular weight is 233 g/mol. The van der Waals surface area contributed by atoms with Crippen molar-refractivity contribution in [1.29, 1.82) is 5.26 Å². The molecule has 4 nitrogen and oxygen atoms in total. The van der Waals surface area contributed by atoms with E-state index in [9.17, 15) is 5.11 Å². The molecule has 0 saturated heterocycles. The van der Waals surface area contributed by atoms with Crippen molar-refractivity contribution in [3.63, 3.8) is 0 Å². The van der Waals surface area contributed by atoms with Gasteiger partial charge in [-0.05, 0) is 38.5 Å². The van der Waals surface area contributed by atoms with Crippen molar-refractivity contribution in [2.75, 3.05) is 11.4 Å². The van der Waals surface area contributed by atoms with E-state index in [1.54, 1.807) is 19.2 Å². The molecule has 1 aromatic rings. The van der Waals surface area contributed by atoms with Gasteiger partial charge >= 0.3 is 0 Å². The number of hydrogen-bond donors (Lipinski definition) is 1. The predicted molar refractivity (Wildman–Crippen MR) is 67.6 cm³/mol. The Morgan fingerprint density at radius 3 is 2.71 bits per heavy atom. The maximum Gasteiger partial charge on any atom is 0.129 e. The minimum absolute atomic E-state index is 0.278. The lowest BCUT2D eigenvalue weighted by Gasteiger charge is -2.27. The van der Waals surface area contributed by atoms with Crippen molar-refractivity contribution in [3.05, 3.63) is 23.9 Å². The molecule has 1 heterocycles. The number of rotatable bonds is 5. The predicted octanol–water partition coefficient (Wildman–Crippen LogP) is 2.26. The molecule has 1 aromatic heterocycles. The van der Waals surface area contributed by atoms with Crippen LogP contribution in [0, 0.1) is 11.3 Å². The molecular weight excluding hydrogens is 214 g/mol. The molecule has 0 bridgehead atoms. The van der Waals surface area contributed by atoms with E-state index in [2.05, 4.69) is 29.8 Å². The summed E-state index contributed by atoms with van der Waals surface area (Å²) < 4.78 is 0. The van der Waals surface area contributed by atoms with E-state index in [4.69, 9.17) is 5.26 Å². The Labute approximate surface area is 103 Å². The van der Waals surface area contributed by atoms with Crippen LogP contribution in [0.15, 0.2) is 18.3 Å². The highest BCUT2D eigenvalue weighted by molar-refractivity contribution is 5.42. The van der Waals surface area contributed by atoms with Crippen molar-refractivity contribution in [1.82, 2.24) is 4.98 Å². The molecule has 0 unspecified atom stereocenters. The SMILES string of the molecule is CC(C)N(CCC#N)c1cc([C@@H](C)O)ccn1. The summed E-state index contributed by atoms with van der Waals surface area (Å²) >= 11 is 0. The lowest BCUT2D eigenvalue weighted by Crippen LogP contribution is -2.32. The largest absolute Gasteiger partial charge is 0.389 e. The maximum absolute atomic E-state index is 9.55. The summed E-state index contributed by atoms with van der Waals surface area (Å²) in [4.78, 5) is 6.37. The third-order valence-electron chi connectivity index (χ3n) is 2.63. The second-order valence-electron chi connectivity index (χ2n) is 4.32. The van der Waals surface area contributed by atoms with Gasteiger partial charge in [0.15, 0.2) is 0 Å². The smallest absolute Gasteiger partial charge is 0.129 e. The van der Waals surface area contributed by atoms with Gasteiger partial charge < -0.3 is 10.0 Å². The zero-order valence-corrected chi connectivity index (χ0v) is 10.6. The van der Waals surface area contributed by atoms with E-state index in [0.717, 1.165) is 11.4 Å². The van der Waals surface area contributed by atoms with Crippen LogP contribution in [-0.2, 0) is 0 Å². The van der Waals surface area contributed by atoms with Gasteiger partial charge in [0.2, 0.25) is 0 Å². The fraction of sp³-hybridized carbons (Fsp3) is 0.538. The fourth-order valence-electron chi connectivity index (χ4n) is 1.66. The van der Waals surface area contributed by atoms with Crippen molar-refractivity contribution in [3.8, 4) is 6.07 Å². The molecule has 0 fully saturated rings. The second-order valence-corrected chi connectivity index (χ2v) is 4.32. The third-order valence-corrected chi connectivity index (χ3v) is 2.63. The first-order valence-electron chi connectivity index (χ1n) is 5.84. The number of anilines is 1. The van der Waals surface area contributed by atoms with Crippen LogP contribution < -0.4 is 4.90 Å². The molecule has 0 amide bonds. The molecule has 0 saturated carbocycles. The molecule has 1 atom stereocenters. The minimum atomic E-state index is -0.498. The lowest BCUT2D eigenvalue weighted by molar-refractivity contribution is 0.199. The van der Waals surface area contributed by atoms with Gasteiger partial charge in [-0.2, -0.15) is 5.26 Å². The van der Waals surface area contributed by atoms with E-state index >= 15 is 0 Å². The van der Waals surface area contributed by atoms with Crippen molar-refractivity contribution in [2.24, 2.45) is 0 Å². The van der Waals surface area contributed by atoms with Crippen LogP contribution in [0.5, 0.6) is 0 Å². The minimum Gasteiger partial charge on any atom is -0.389 e. The number of aliphatic hydroxyl groups is 1. The van der Waals surface area contributed by atoms with Crippen molar-refractivity contribution in [2.45, 2.75) is 39.3 Å². The number of pyridine rings is 1. The zero-order valence-electron chi connectivity index (χ0n) is 10.6. The van der Waals surface area contributed by atoms with Gasteiger partial charge in [0.05, 0.1) is 18.6 Å². The zero-order chi connectivity index (χ0) is 12.8. The van der Waals surface area contributed by atoms with Gasteiger partial charge in [0.1, 0.15) is 5.82 Å². The number of nitriles is 1. The average Bonchev–Trinajstić information content (AvgIpc) is 2.29. The standard InChI is InChI=1S/C13H19N3O/c1-10(2)16(8-4-6-14)13-9-12(11(3)17)5-7-15-13/h5,7,9-11,17H,4,8H2,1-3H3/t11-/m1/s1. The molecule has 0 spiro atoms. The van der Waals surface area contributed by atoms with Crippen LogP contribution in [0.1, 0.15) is 38.9 Å². The normalized spacial score (nSPS) is 12.2. The third kappa shape index (κ3) is 3.72. The van der Waals surface area contributed by atoms with Crippen LogP contribution in [0.2, 0.25) is 0 Å². The number of aliphatic hydroxyl groups excluding tert-OH is 1. The van der Waals surface area contributed by atoms with E-state index in [1.165, 1.54) is 0 Å². The highest BCUT2D eigenvalue weighted by atomic mass is 16.3. The molecule has 1 rings (SSSR count). The molecule has 92 valence electrons. The number of hydrogen-bond acceptors (Lipinski definition) is 4. The molecule has 1 N–H and O–H groups in total.